The van der Waals surface area contributed by atoms with E-state index in [2.05, 4.69) is 23.6 Å². The highest BCUT2D eigenvalue weighted by atomic mass is 16.5. The predicted octanol–water partition coefficient (Wildman–Crippen LogP) is 2.31. The van der Waals surface area contributed by atoms with Gasteiger partial charge in [-0.05, 0) is 30.5 Å². The second kappa shape index (κ2) is 7.07. The number of amides is 1. The van der Waals surface area contributed by atoms with E-state index in [1.807, 2.05) is 17.0 Å². The minimum Gasteiger partial charge on any atom is -0.379 e. The van der Waals surface area contributed by atoms with Crippen LogP contribution in [0.1, 0.15) is 28.8 Å². The summed E-state index contributed by atoms with van der Waals surface area (Å²) in [7, 11) is 0. The van der Waals surface area contributed by atoms with Gasteiger partial charge in [0.05, 0.1) is 13.2 Å². The maximum absolute atomic E-state index is 12.5. The number of piperidine rings is 1. The van der Waals surface area contributed by atoms with Gasteiger partial charge in [-0.25, -0.2) is 0 Å². The molecule has 118 valence electrons. The summed E-state index contributed by atoms with van der Waals surface area (Å²) in [6.07, 6.45) is 2.07. The van der Waals surface area contributed by atoms with Gasteiger partial charge in [0.1, 0.15) is 0 Å². The molecule has 3 rings (SSSR count). The van der Waals surface area contributed by atoms with Crippen LogP contribution in [-0.2, 0) is 11.3 Å². The Kier molecular flexibility index (Phi) is 4.90. The van der Waals surface area contributed by atoms with Crippen LogP contribution in [0.15, 0.2) is 36.4 Å². The van der Waals surface area contributed by atoms with Crippen LogP contribution in [0.4, 0.5) is 0 Å². The van der Waals surface area contributed by atoms with Gasteiger partial charge < -0.3 is 9.64 Å². The summed E-state index contributed by atoms with van der Waals surface area (Å²) < 4.78 is 5.36. The standard InChI is InChI=1S/C18H24N2O2/c1-15-3-2-8-20(13-15)18(21)17-6-4-16(5-7-17)14-19-9-11-22-12-10-19/h4-7H,1-3,8-14H2. The van der Waals surface area contributed by atoms with Gasteiger partial charge >= 0.3 is 0 Å². The number of ether oxygens (including phenoxy) is 1. The smallest absolute Gasteiger partial charge is 0.254 e. The fraction of sp³-hybridized carbons (Fsp3) is 0.500. The lowest BCUT2D eigenvalue weighted by Crippen LogP contribution is -2.36. The van der Waals surface area contributed by atoms with Crippen molar-refractivity contribution in [1.29, 1.82) is 0 Å². The number of rotatable bonds is 3. The third-order valence-electron chi connectivity index (χ3n) is 4.37. The Bertz CT molecular complexity index is 533. The van der Waals surface area contributed by atoms with Crippen molar-refractivity contribution in [2.75, 3.05) is 39.4 Å². The molecule has 0 saturated carbocycles. The third kappa shape index (κ3) is 3.76. The summed E-state index contributed by atoms with van der Waals surface area (Å²) in [5.41, 5.74) is 3.19. The highest BCUT2D eigenvalue weighted by molar-refractivity contribution is 5.94. The molecule has 1 aromatic rings. The third-order valence-corrected chi connectivity index (χ3v) is 4.37. The molecule has 4 nitrogen and oxygen atoms in total. The van der Waals surface area contributed by atoms with E-state index < -0.39 is 0 Å². The molecule has 2 aliphatic heterocycles. The number of carbonyl (C=O) groups is 1. The van der Waals surface area contributed by atoms with Crippen molar-refractivity contribution < 1.29 is 9.53 Å². The van der Waals surface area contributed by atoms with Crippen molar-refractivity contribution in [1.82, 2.24) is 9.80 Å². The fourth-order valence-electron chi connectivity index (χ4n) is 3.07. The zero-order valence-electron chi connectivity index (χ0n) is 13.1. The average molecular weight is 300 g/mol. The largest absolute Gasteiger partial charge is 0.379 e. The number of hydrogen-bond donors (Lipinski definition) is 0. The molecule has 0 atom stereocenters. The summed E-state index contributed by atoms with van der Waals surface area (Å²) in [5, 5.41) is 0. The van der Waals surface area contributed by atoms with Crippen LogP contribution < -0.4 is 0 Å². The SMILES string of the molecule is C=C1CCCN(C(=O)c2ccc(CN3CCOCC3)cc2)C1. The summed E-state index contributed by atoms with van der Waals surface area (Å²) in [6.45, 7) is 10.1. The highest BCUT2D eigenvalue weighted by Crippen LogP contribution is 2.17. The van der Waals surface area contributed by atoms with E-state index in [1.165, 1.54) is 5.56 Å². The number of nitrogens with zero attached hydrogens (tertiary/aromatic N) is 2. The quantitative estimate of drug-likeness (QED) is 0.803. The minimum absolute atomic E-state index is 0.124. The van der Waals surface area contributed by atoms with E-state index >= 15 is 0 Å². The molecule has 0 N–H and O–H groups in total. The van der Waals surface area contributed by atoms with Gasteiger partial charge in [0.15, 0.2) is 0 Å². The van der Waals surface area contributed by atoms with Crippen molar-refractivity contribution in [2.24, 2.45) is 0 Å². The summed E-state index contributed by atoms with van der Waals surface area (Å²) in [6, 6.07) is 8.05. The molecule has 22 heavy (non-hydrogen) atoms. The molecule has 0 spiro atoms. The topological polar surface area (TPSA) is 32.8 Å². The van der Waals surface area contributed by atoms with Gasteiger partial charge in [0.2, 0.25) is 0 Å². The molecular formula is C18H24N2O2. The first-order valence-electron chi connectivity index (χ1n) is 8.07. The summed E-state index contributed by atoms with van der Waals surface area (Å²) in [4.78, 5) is 16.8. The van der Waals surface area contributed by atoms with Crippen LogP contribution in [0.5, 0.6) is 0 Å². The van der Waals surface area contributed by atoms with Gasteiger partial charge in [-0.15, -0.1) is 0 Å². The van der Waals surface area contributed by atoms with Gasteiger partial charge in [0, 0.05) is 38.3 Å². The lowest BCUT2D eigenvalue weighted by atomic mass is 10.0. The lowest BCUT2D eigenvalue weighted by Gasteiger charge is -2.28. The van der Waals surface area contributed by atoms with Gasteiger partial charge in [-0.2, -0.15) is 0 Å². The Morgan fingerprint density at radius 2 is 1.86 bits per heavy atom. The molecule has 0 aromatic heterocycles. The van der Waals surface area contributed by atoms with E-state index in [4.69, 9.17) is 4.74 Å². The first kappa shape index (κ1) is 15.3. The highest BCUT2D eigenvalue weighted by Gasteiger charge is 2.20. The molecule has 1 aromatic carbocycles. The maximum Gasteiger partial charge on any atom is 0.254 e. The van der Waals surface area contributed by atoms with E-state index in [1.54, 1.807) is 0 Å². The maximum atomic E-state index is 12.5. The Balaban J connectivity index is 1.60. The Morgan fingerprint density at radius 3 is 2.55 bits per heavy atom. The van der Waals surface area contributed by atoms with E-state index in [0.717, 1.165) is 63.4 Å². The number of morpholine rings is 1. The zero-order valence-corrected chi connectivity index (χ0v) is 13.1. The Hall–Kier alpha value is -1.65. The van der Waals surface area contributed by atoms with Gasteiger partial charge in [0.25, 0.3) is 5.91 Å². The van der Waals surface area contributed by atoms with Crippen molar-refractivity contribution in [3.63, 3.8) is 0 Å². The van der Waals surface area contributed by atoms with Crippen LogP contribution in [0.25, 0.3) is 0 Å². The molecule has 0 unspecified atom stereocenters. The lowest BCUT2D eigenvalue weighted by molar-refractivity contribution is 0.0342. The monoisotopic (exact) mass is 300 g/mol. The number of likely N-dealkylation sites (tertiary alicyclic amines) is 1. The first-order chi connectivity index (χ1) is 10.7. The normalized spacial score (nSPS) is 20.2. The molecule has 2 heterocycles. The Morgan fingerprint density at radius 1 is 1.14 bits per heavy atom. The number of hydrogen-bond acceptors (Lipinski definition) is 3. The summed E-state index contributed by atoms with van der Waals surface area (Å²) in [5.74, 6) is 0.124. The molecule has 1 amide bonds. The van der Waals surface area contributed by atoms with Gasteiger partial charge in [-0.3, -0.25) is 9.69 Å². The van der Waals surface area contributed by atoms with Crippen molar-refractivity contribution in [3.8, 4) is 0 Å². The van der Waals surface area contributed by atoms with Crippen molar-refractivity contribution in [3.05, 3.63) is 47.5 Å². The minimum atomic E-state index is 0.124. The van der Waals surface area contributed by atoms with Crippen LogP contribution in [0.3, 0.4) is 0 Å². The van der Waals surface area contributed by atoms with Crippen LogP contribution in [0, 0.1) is 0 Å². The zero-order chi connectivity index (χ0) is 15.4. The molecule has 0 bridgehead atoms. The Labute approximate surface area is 132 Å². The van der Waals surface area contributed by atoms with Crippen LogP contribution >= 0.6 is 0 Å². The molecular weight excluding hydrogens is 276 g/mol. The van der Waals surface area contributed by atoms with Crippen molar-refractivity contribution >= 4 is 5.91 Å². The molecule has 2 fully saturated rings. The number of carbonyl (C=O) groups excluding carboxylic acids is 1. The second-order valence-corrected chi connectivity index (χ2v) is 6.17. The molecule has 0 aliphatic carbocycles. The molecule has 0 radical (unpaired) electrons. The second-order valence-electron chi connectivity index (χ2n) is 6.17. The fourth-order valence-corrected chi connectivity index (χ4v) is 3.07. The summed E-state index contributed by atoms with van der Waals surface area (Å²) >= 11 is 0. The van der Waals surface area contributed by atoms with E-state index in [0.29, 0.717) is 6.54 Å². The molecule has 2 aliphatic rings. The van der Waals surface area contributed by atoms with Gasteiger partial charge in [-0.1, -0.05) is 24.3 Å². The first-order valence-corrected chi connectivity index (χ1v) is 8.07. The predicted molar refractivity (Wildman–Crippen MR) is 86.8 cm³/mol. The molecule has 4 heteroatoms. The number of benzene rings is 1. The van der Waals surface area contributed by atoms with E-state index in [-0.39, 0.29) is 5.91 Å². The van der Waals surface area contributed by atoms with Crippen molar-refractivity contribution in [2.45, 2.75) is 19.4 Å². The average Bonchev–Trinajstić information content (AvgIpc) is 2.56. The van der Waals surface area contributed by atoms with Crippen LogP contribution in [-0.4, -0.2) is 55.1 Å². The molecule has 2 saturated heterocycles. The van der Waals surface area contributed by atoms with Crippen LogP contribution in [0.2, 0.25) is 0 Å². The van der Waals surface area contributed by atoms with E-state index in [9.17, 15) is 4.79 Å².